The van der Waals surface area contributed by atoms with E-state index in [0.717, 1.165) is 77.9 Å². The smallest absolute Gasteiger partial charge is 0.255 e. The lowest BCUT2D eigenvalue weighted by Gasteiger charge is -2.38. The molecule has 0 radical (unpaired) electrons. The third-order valence-electron chi connectivity index (χ3n) is 15.9. The number of anilines is 1. The second-order valence-corrected chi connectivity index (χ2v) is 21.6. The quantitative estimate of drug-likeness (QED) is 0.106. The SMILES string of the molecule is CCCCCC1CCC(c2ccc(-c3ccc(C(=O)Nc4ccc(-c5cc6c(cc5OC)C(C)(C)c5c7c(c8cc(Cl)cc(Cl)c8c5-6)OC(c5ccc(O)cc5)(c5ccc(O)cc5)C=C7)cc4)cc3)cc2)CC1. The second-order valence-electron chi connectivity index (χ2n) is 20.7. The van der Waals surface area contributed by atoms with Crippen LogP contribution >= 0.6 is 23.2 Å². The standard InChI is InChI=1S/C65H59Cl2NO5/c1-5-6-7-8-39-9-11-40(12-10-39)41-13-15-42(16-14-41)43-17-19-45(20-18-43)63(71)68-49-27-21-44(22-28-49)53-37-54-56(38-58(53)72-4)64(2,3)61-52-33-34-65(46-23-29-50(69)30-24-46,47-25-31-51(70)32-26-47)73-62(52)55-35-48(66)36-57(67)59(55)60(54)61/h13-40,69-70H,5-12H2,1-4H3,(H,68,71). The molecule has 1 fully saturated rings. The third kappa shape index (κ3) is 8.83. The van der Waals surface area contributed by atoms with Gasteiger partial charge in [-0.25, -0.2) is 0 Å². The highest BCUT2D eigenvalue weighted by Gasteiger charge is 2.45. The normalized spacial score (nSPS) is 17.1. The van der Waals surface area contributed by atoms with Gasteiger partial charge in [0.2, 0.25) is 0 Å². The molecule has 6 nitrogen and oxygen atoms in total. The monoisotopic (exact) mass is 1000 g/mol. The summed E-state index contributed by atoms with van der Waals surface area (Å²) >= 11 is 14.2. The van der Waals surface area contributed by atoms with Gasteiger partial charge < -0.3 is 25.0 Å². The maximum Gasteiger partial charge on any atom is 0.255 e. The Morgan fingerprint density at radius 1 is 0.726 bits per heavy atom. The number of carbonyl (C=O) groups excluding carboxylic acids is 1. The molecule has 3 N–H and O–H groups in total. The van der Waals surface area contributed by atoms with Crippen molar-refractivity contribution in [2.75, 3.05) is 12.4 Å². The Morgan fingerprint density at radius 3 is 1.96 bits per heavy atom. The van der Waals surface area contributed by atoms with E-state index in [0.29, 0.717) is 38.7 Å². The molecule has 8 aromatic rings. The summed E-state index contributed by atoms with van der Waals surface area (Å²) < 4.78 is 13.5. The number of rotatable bonds is 12. The van der Waals surface area contributed by atoms with Crippen molar-refractivity contribution >= 4 is 51.6 Å². The number of halogens is 2. The van der Waals surface area contributed by atoms with Gasteiger partial charge in [0.1, 0.15) is 23.0 Å². The van der Waals surface area contributed by atoms with Gasteiger partial charge in [-0.3, -0.25) is 4.79 Å². The highest BCUT2D eigenvalue weighted by molar-refractivity contribution is 6.40. The number of ether oxygens (including phenoxy) is 2. The minimum Gasteiger partial charge on any atom is -0.508 e. The van der Waals surface area contributed by atoms with Gasteiger partial charge in [-0.2, -0.15) is 0 Å². The first-order chi connectivity index (χ1) is 35.3. The van der Waals surface area contributed by atoms with Crippen LogP contribution in [-0.4, -0.2) is 23.2 Å². The molecule has 1 aliphatic heterocycles. The summed E-state index contributed by atoms with van der Waals surface area (Å²) in [5.74, 6) is 2.98. The lowest BCUT2D eigenvalue weighted by molar-refractivity contribution is 0.102. The number of unbranched alkanes of at least 4 members (excludes halogenated alkanes) is 2. The molecule has 3 aliphatic rings. The molecular weight excluding hydrogens is 946 g/mol. The highest BCUT2D eigenvalue weighted by atomic mass is 35.5. The van der Waals surface area contributed by atoms with Crippen LogP contribution in [0.2, 0.25) is 10.0 Å². The number of phenols is 2. The zero-order valence-electron chi connectivity index (χ0n) is 41.7. The van der Waals surface area contributed by atoms with Crippen LogP contribution in [0.15, 0.2) is 152 Å². The average molecular weight is 1010 g/mol. The first-order valence-corrected chi connectivity index (χ1v) is 26.4. The highest BCUT2D eigenvalue weighted by Crippen LogP contribution is 2.61. The summed E-state index contributed by atoms with van der Waals surface area (Å²) in [7, 11) is 1.69. The van der Waals surface area contributed by atoms with E-state index in [4.69, 9.17) is 32.7 Å². The Morgan fingerprint density at radius 2 is 1.34 bits per heavy atom. The van der Waals surface area contributed by atoms with Crippen molar-refractivity contribution in [1.82, 2.24) is 0 Å². The van der Waals surface area contributed by atoms with Gasteiger partial charge in [-0.15, -0.1) is 0 Å². The van der Waals surface area contributed by atoms with Gasteiger partial charge in [-0.05, 0) is 161 Å². The zero-order valence-corrected chi connectivity index (χ0v) is 43.2. The molecule has 0 spiro atoms. The van der Waals surface area contributed by atoms with Crippen molar-refractivity contribution in [2.45, 2.75) is 89.1 Å². The fraction of sp³-hybridized carbons (Fsp3) is 0.246. The minimum absolute atomic E-state index is 0.136. The molecule has 1 heterocycles. The van der Waals surface area contributed by atoms with Crippen LogP contribution in [-0.2, 0) is 11.0 Å². The van der Waals surface area contributed by atoms with Crippen LogP contribution in [0, 0.1) is 5.92 Å². The van der Waals surface area contributed by atoms with Gasteiger partial charge in [-0.1, -0.05) is 149 Å². The molecule has 368 valence electrons. The molecule has 0 bridgehead atoms. The number of benzene rings is 8. The number of nitrogens with one attached hydrogen (secondary N) is 1. The van der Waals surface area contributed by atoms with Crippen molar-refractivity contribution in [1.29, 1.82) is 0 Å². The summed E-state index contributed by atoms with van der Waals surface area (Å²) in [5.41, 5.74) is 11.7. The van der Waals surface area contributed by atoms with Crippen molar-refractivity contribution in [2.24, 2.45) is 5.92 Å². The van der Waals surface area contributed by atoms with Crippen molar-refractivity contribution in [3.05, 3.63) is 201 Å². The lowest BCUT2D eigenvalue weighted by atomic mass is 9.76. The summed E-state index contributed by atoms with van der Waals surface area (Å²) in [5, 5.41) is 26.2. The van der Waals surface area contributed by atoms with E-state index in [1.54, 1.807) is 37.4 Å². The van der Waals surface area contributed by atoms with Gasteiger partial charge in [0.15, 0.2) is 5.60 Å². The van der Waals surface area contributed by atoms with E-state index in [-0.39, 0.29) is 17.4 Å². The van der Waals surface area contributed by atoms with E-state index < -0.39 is 11.0 Å². The van der Waals surface area contributed by atoms with Gasteiger partial charge in [0, 0.05) is 54.7 Å². The Bertz CT molecular complexity index is 3360. The van der Waals surface area contributed by atoms with Crippen LogP contribution in [0.3, 0.4) is 0 Å². The van der Waals surface area contributed by atoms with Gasteiger partial charge in [0.05, 0.1) is 12.1 Å². The predicted octanol–water partition coefficient (Wildman–Crippen LogP) is 17.7. The van der Waals surface area contributed by atoms with Crippen LogP contribution < -0.4 is 14.8 Å². The molecule has 0 unspecified atom stereocenters. The number of carbonyl (C=O) groups is 1. The number of fused-ring (bicyclic) bond motifs is 8. The number of methoxy groups -OCH3 is 1. The molecule has 8 aromatic carbocycles. The van der Waals surface area contributed by atoms with Gasteiger partial charge in [0.25, 0.3) is 5.91 Å². The molecular formula is C65H59Cl2NO5. The molecule has 73 heavy (non-hydrogen) atoms. The Balaban J connectivity index is 0.870. The molecule has 0 atom stereocenters. The Hall–Kier alpha value is -6.99. The molecule has 8 heteroatoms. The number of aromatic hydroxyl groups is 2. The number of hydrogen-bond donors (Lipinski definition) is 3. The van der Waals surface area contributed by atoms with E-state index in [9.17, 15) is 15.0 Å². The molecule has 0 aromatic heterocycles. The fourth-order valence-electron chi connectivity index (χ4n) is 12.0. The number of phenolic OH excluding ortho intramolecular Hbond substituents is 2. The Kier molecular flexibility index (Phi) is 12.9. The summed E-state index contributed by atoms with van der Waals surface area (Å²) in [6, 6.07) is 46.7. The number of amides is 1. The Labute approximate surface area is 438 Å². The van der Waals surface area contributed by atoms with Crippen LogP contribution in [0.5, 0.6) is 23.0 Å². The van der Waals surface area contributed by atoms with Crippen molar-refractivity contribution < 1.29 is 24.5 Å². The third-order valence-corrected chi connectivity index (χ3v) is 16.5. The van der Waals surface area contributed by atoms with Crippen LogP contribution in [0.4, 0.5) is 5.69 Å². The van der Waals surface area contributed by atoms with Crippen LogP contribution in [0.1, 0.15) is 122 Å². The largest absolute Gasteiger partial charge is 0.508 e. The fourth-order valence-corrected chi connectivity index (χ4v) is 12.6. The van der Waals surface area contributed by atoms with E-state index >= 15 is 0 Å². The molecule has 11 rings (SSSR count). The van der Waals surface area contributed by atoms with Crippen molar-refractivity contribution in [3.8, 4) is 56.4 Å². The molecule has 1 amide bonds. The second kappa shape index (κ2) is 19.5. The zero-order chi connectivity index (χ0) is 50.6. The first kappa shape index (κ1) is 48.3. The van der Waals surface area contributed by atoms with E-state index in [2.05, 4.69) is 68.6 Å². The predicted molar refractivity (Wildman–Crippen MR) is 299 cm³/mol. The maximum absolute atomic E-state index is 13.6. The average Bonchev–Trinajstić information content (AvgIpc) is 3.63. The minimum atomic E-state index is -1.13. The molecule has 2 aliphatic carbocycles. The van der Waals surface area contributed by atoms with E-state index in [1.807, 2.05) is 84.9 Å². The lowest BCUT2D eigenvalue weighted by Crippen LogP contribution is -2.35. The summed E-state index contributed by atoms with van der Waals surface area (Å²) in [4.78, 5) is 13.6. The first-order valence-electron chi connectivity index (χ1n) is 25.7. The van der Waals surface area contributed by atoms with Gasteiger partial charge >= 0.3 is 0 Å². The topological polar surface area (TPSA) is 88.0 Å². The molecule has 1 saturated carbocycles. The van der Waals surface area contributed by atoms with Crippen molar-refractivity contribution in [3.63, 3.8) is 0 Å². The van der Waals surface area contributed by atoms with Crippen LogP contribution in [0.25, 0.3) is 50.2 Å². The maximum atomic E-state index is 13.6. The summed E-state index contributed by atoms with van der Waals surface area (Å²) in [6.45, 7) is 6.71. The van der Waals surface area contributed by atoms with E-state index in [1.165, 1.54) is 56.9 Å². The molecule has 0 saturated heterocycles. The summed E-state index contributed by atoms with van der Waals surface area (Å²) in [6.07, 6.45) is 14.9. The number of hydrogen-bond acceptors (Lipinski definition) is 5.